The van der Waals surface area contributed by atoms with Crippen molar-refractivity contribution in [2.24, 2.45) is 0 Å². The average molecular weight is 125 g/mol. The summed E-state index contributed by atoms with van der Waals surface area (Å²) in [7, 11) is 1.28. The zero-order valence-electron chi connectivity index (χ0n) is 4.43. The molecule has 0 aromatic carbocycles. The highest BCUT2D eigenvalue weighted by Gasteiger charge is 2.02. The van der Waals surface area contributed by atoms with E-state index in [4.69, 9.17) is 0 Å². The predicted octanol–water partition coefficient (Wildman–Crippen LogP) is 1.03. The van der Waals surface area contributed by atoms with Gasteiger partial charge >= 0.3 is 0 Å². The maximum Gasteiger partial charge on any atom is 0.230 e. The summed E-state index contributed by atoms with van der Waals surface area (Å²) in [6.07, 6.45) is -1.89. The standard InChI is InChI=1S/C4H7F2O2/c1-7-3-8-4(6)2-5/h3-4H,2H2,1H3. The van der Waals surface area contributed by atoms with Crippen molar-refractivity contribution in [1.82, 2.24) is 0 Å². The predicted molar refractivity (Wildman–Crippen MR) is 23.3 cm³/mol. The molecule has 8 heavy (non-hydrogen) atoms. The molecule has 0 aliphatic heterocycles. The molecule has 0 aromatic rings. The Balaban J connectivity index is 2.86. The molecule has 0 N–H and O–H groups in total. The van der Waals surface area contributed by atoms with Gasteiger partial charge < -0.3 is 9.47 Å². The molecule has 0 aliphatic carbocycles. The fourth-order valence-corrected chi connectivity index (χ4v) is 0.152. The lowest BCUT2D eigenvalue weighted by atomic mass is 10.8. The zero-order chi connectivity index (χ0) is 6.41. The van der Waals surface area contributed by atoms with Crippen molar-refractivity contribution in [3.05, 3.63) is 6.79 Å². The van der Waals surface area contributed by atoms with Gasteiger partial charge in [0.05, 0.1) is 0 Å². The van der Waals surface area contributed by atoms with Crippen LogP contribution < -0.4 is 0 Å². The summed E-state index contributed by atoms with van der Waals surface area (Å²) in [6, 6.07) is 0. The molecule has 0 saturated heterocycles. The van der Waals surface area contributed by atoms with Crippen LogP contribution in [0.1, 0.15) is 0 Å². The van der Waals surface area contributed by atoms with Crippen molar-refractivity contribution in [3.8, 4) is 0 Å². The highest BCUT2D eigenvalue weighted by molar-refractivity contribution is 4.35. The Labute approximate surface area is 46.4 Å². The average Bonchev–Trinajstić information content (AvgIpc) is 1.83. The third-order valence-corrected chi connectivity index (χ3v) is 0.421. The number of methoxy groups -OCH3 is 1. The molecule has 0 rings (SSSR count). The van der Waals surface area contributed by atoms with Crippen LogP contribution in [0, 0.1) is 6.79 Å². The maximum absolute atomic E-state index is 11.6. The fraction of sp³-hybridized carbons (Fsp3) is 0.750. The summed E-state index contributed by atoms with van der Waals surface area (Å²) in [5.41, 5.74) is 0. The Kier molecular flexibility index (Phi) is 4.79. The van der Waals surface area contributed by atoms with Crippen molar-refractivity contribution < 1.29 is 18.3 Å². The molecule has 0 amide bonds. The molecule has 0 bridgehead atoms. The van der Waals surface area contributed by atoms with Crippen molar-refractivity contribution in [2.75, 3.05) is 13.8 Å². The topological polar surface area (TPSA) is 18.5 Å². The smallest absolute Gasteiger partial charge is 0.230 e. The van der Waals surface area contributed by atoms with Crippen molar-refractivity contribution in [3.63, 3.8) is 0 Å². The van der Waals surface area contributed by atoms with E-state index in [9.17, 15) is 8.78 Å². The summed E-state index contributed by atoms with van der Waals surface area (Å²) in [4.78, 5) is 0. The number of halogens is 2. The van der Waals surface area contributed by atoms with Gasteiger partial charge in [-0.1, -0.05) is 0 Å². The molecule has 0 aliphatic rings. The van der Waals surface area contributed by atoms with Gasteiger partial charge in [-0.2, -0.15) is 0 Å². The molecule has 1 unspecified atom stereocenters. The first-order valence-electron chi connectivity index (χ1n) is 2.01. The van der Waals surface area contributed by atoms with E-state index in [0.717, 1.165) is 6.79 Å². The first kappa shape index (κ1) is 7.78. The van der Waals surface area contributed by atoms with Crippen LogP contribution in [0.3, 0.4) is 0 Å². The van der Waals surface area contributed by atoms with Crippen LogP contribution in [-0.2, 0) is 9.47 Å². The van der Waals surface area contributed by atoms with Crippen molar-refractivity contribution >= 4 is 0 Å². The summed E-state index contributed by atoms with van der Waals surface area (Å²) >= 11 is 0. The lowest BCUT2D eigenvalue weighted by Crippen LogP contribution is -2.06. The highest BCUT2D eigenvalue weighted by atomic mass is 19.2. The van der Waals surface area contributed by atoms with E-state index < -0.39 is 13.0 Å². The molecular formula is C4H7F2O2. The Morgan fingerprint density at radius 3 is 2.75 bits per heavy atom. The van der Waals surface area contributed by atoms with Crippen LogP contribution in [0.2, 0.25) is 0 Å². The number of hydrogen-bond donors (Lipinski definition) is 0. The molecule has 0 spiro atoms. The summed E-state index contributed by atoms with van der Waals surface area (Å²) < 4.78 is 30.9. The summed E-state index contributed by atoms with van der Waals surface area (Å²) in [6.45, 7) is -0.413. The van der Waals surface area contributed by atoms with Crippen molar-refractivity contribution in [2.45, 2.75) is 6.36 Å². The van der Waals surface area contributed by atoms with Crippen molar-refractivity contribution in [1.29, 1.82) is 0 Å². The Hall–Kier alpha value is -0.220. The Morgan fingerprint density at radius 1 is 1.75 bits per heavy atom. The molecule has 49 valence electrons. The second kappa shape index (κ2) is 4.93. The van der Waals surface area contributed by atoms with Crippen LogP contribution in [0.15, 0.2) is 0 Å². The largest absolute Gasteiger partial charge is 0.351 e. The van der Waals surface area contributed by atoms with E-state index in [1.165, 1.54) is 7.11 Å². The molecule has 1 atom stereocenters. The van der Waals surface area contributed by atoms with Crippen LogP contribution in [0.5, 0.6) is 0 Å². The first-order chi connectivity index (χ1) is 3.81. The molecule has 0 aromatic heterocycles. The zero-order valence-corrected chi connectivity index (χ0v) is 4.43. The quantitative estimate of drug-likeness (QED) is 0.558. The fourth-order valence-electron chi connectivity index (χ4n) is 0.152. The van der Waals surface area contributed by atoms with E-state index in [0.29, 0.717) is 0 Å². The van der Waals surface area contributed by atoms with Gasteiger partial charge in [0.1, 0.15) is 6.67 Å². The highest BCUT2D eigenvalue weighted by Crippen LogP contribution is 1.95. The second-order valence-electron chi connectivity index (χ2n) is 1.03. The third kappa shape index (κ3) is 3.95. The van der Waals surface area contributed by atoms with Crippen LogP contribution >= 0.6 is 0 Å². The monoisotopic (exact) mass is 125 g/mol. The van der Waals surface area contributed by atoms with E-state index >= 15 is 0 Å². The van der Waals surface area contributed by atoms with E-state index in [1.807, 2.05) is 0 Å². The van der Waals surface area contributed by atoms with Gasteiger partial charge in [-0.05, 0) is 0 Å². The van der Waals surface area contributed by atoms with E-state index in [-0.39, 0.29) is 0 Å². The number of rotatable bonds is 4. The molecule has 0 fully saturated rings. The molecule has 0 saturated carbocycles. The molecular weight excluding hydrogens is 118 g/mol. The first-order valence-corrected chi connectivity index (χ1v) is 2.01. The minimum Gasteiger partial charge on any atom is -0.351 e. The van der Waals surface area contributed by atoms with Gasteiger partial charge in [0.15, 0.2) is 0 Å². The van der Waals surface area contributed by atoms with Gasteiger partial charge in [0.2, 0.25) is 13.2 Å². The molecule has 4 heteroatoms. The minimum atomic E-state index is -1.89. The lowest BCUT2D eigenvalue weighted by Gasteiger charge is -2.00. The lowest BCUT2D eigenvalue weighted by molar-refractivity contribution is -0.0770. The minimum absolute atomic E-state index is 0.740. The third-order valence-electron chi connectivity index (χ3n) is 0.421. The maximum atomic E-state index is 11.6. The number of ether oxygens (including phenoxy) is 2. The Morgan fingerprint density at radius 2 is 2.38 bits per heavy atom. The van der Waals surface area contributed by atoms with Gasteiger partial charge in [0.25, 0.3) is 0 Å². The Bertz CT molecular complexity index is 51.3. The van der Waals surface area contributed by atoms with Gasteiger partial charge in [-0.15, -0.1) is 0 Å². The van der Waals surface area contributed by atoms with E-state index in [2.05, 4.69) is 9.47 Å². The van der Waals surface area contributed by atoms with Crippen LogP contribution in [0.25, 0.3) is 0 Å². The number of hydrogen-bond acceptors (Lipinski definition) is 2. The second-order valence-corrected chi connectivity index (χ2v) is 1.03. The molecule has 0 heterocycles. The molecule has 1 radical (unpaired) electrons. The van der Waals surface area contributed by atoms with Crippen LogP contribution in [-0.4, -0.2) is 20.1 Å². The van der Waals surface area contributed by atoms with Gasteiger partial charge in [0, 0.05) is 7.11 Å². The van der Waals surface area contributed by atoms with Gasteiger partial charge in [-0.3, -0.25) is 0 Å². The normalized spacial score (nSPS) is 13.9. The summed E-state index contributed by atoms with van der Waals surface area (Å²) in [5, 5.41) is 0. The summed E-state index contributed by atoms with van der Waals surface area (Å²) in [5.74, 6) is 0. The number of alkyl halides is 2. The molecule has 2 nitrogen and oxygen atoms in total. The van der Waals surface area contributed by atoms with Crippen LogP contribution in [0.4, 0.5) is 8.78 Å². The van der Waals surface area contributed by atoms with E-state index in [1.54, 1.807) is 0 Å². The SMILES string of the molecule is CO[CH]OC(F)CF. The van der Waals surface area contributed by atoms with Gasteiger partial charge in [-0.25, -0.2) is 8.78 Å².